The second kappa shape index (κ2) is 4.80. The van der Waals surface area contributed by atoms with Crippen molar-refractivity contribution in [2.45, 2.75) is 25.6 Å². The first kappa shape index (κ1) is 14.7. The summed E-state index contributed by atoms with van der Waals surface area (Å²) in [5, 5.41) is 0. The Labute approximate surface area is 137 Å². The Morgan fingerprint density at radius 3 is 2.74 bits per heavy atom. The predicted molar refractivity (Wildman–Crippen MR) is 80.8 cm³/mol. The van der Waals surface area contributed by atoms with E-state index in [1.54, 1.807) is 11.6 Å². The predicted octanol–water partition coefficient (Wildman–Crippen LogP) is 3.56. The van der Waals surface area contributed by atoms with Gasteiger partial charge in [0.25, 0.3) is 0 Å². The minimum atomic E-state index is -4.48. The van der Waals surface area contributed by atoms with E-state index in [2.05, 4.69) is 35.4 Å². The summed E-state index contributed by atoms with van der Waals surface area (Å²) >= 11 is 3.53. The fraction of sp³-hybridized carbons (Fsp3) is 0.357. The minimum absolute atomic E-state index is 0.255. The van der Waals surface area contributed by atoms with Gasteiger partial charge in [0.2, 0.25) is 0 Å². The van der Waals surface area contributed by atoms with Crippen LogP contribution >= 0.6 is 15.9 Å². The lowest BCUT2D eigenvalue weighted by molar-refractivity contribution is -0.141. The van der Waals surface area contributed by atoms with Crippen LogP contribution in [0.3, 0.4) is 0 Å². The third kappa shape index (κ3) is 2.17. The molecule has 0 aliphatic carbocycles. The van der Waals surface area contributed by atoms with Gasteiger partial charge in [0.1, 0.15) is 21.8 Å². The molecule has 1 aliphatic heterocycles. The molecule has 0 unspecified atom stereocenters. The molecule has 3 aromatic heterocycles. The molecule has 0 saturated carbocycles. The van der Waals surface area contributed by atoms with Gasteiger partial charge in [-0.3, -0.25) is 0 Å². The molecule has 9 heteroatoms. The molecule has 23 heavy (non-hydrogen) atoms. The van der Waals surface area contributed by atoms with Crippen molar-refractivity contribution in [1.29, 1.82) is 0 Å². The van der Waals surface area contributed by atoms with Gasteiger partial charge >= 0.3 is 6.18 Å². The van der Waals surface area contributed by atoms with E-state index in [9.17, 15) is 13.2 Å². The summed E-state index contributed by atoms with van der Waals surface area (Å²) in [6.45, 7) is 0.882. The number of rotatable bonds is 1. The molecule has 0 radical (unpaired) electrons. The van der Waals surface area contributed by atoms with E-state index in [1.807, 2.05) is 0 Å². The molecule has 0 saturated heterocycles. The quantitative estimate of drug-likeness (QED) is 0.643. The van der Waals surface area contributed by atoms with Gasteiger partial charge in [-0.15, -0.1) is 0 Å². The van der Waals surface area contributed by atoms with Crippen LogP contribution in [0.2, 0.25) is 0 Å². The van der Waals surface area contributed by atoms with Crippen molar-refractivity contribution < 1.29 is 13.2 Å². The summed E-state index contributed by atoms with van der Waals surface area (Å²) in [7, 11) is 1.75. The fourth-order valence-electron chi connectivity index (χ4n) is 2.89. The Morgan fingerprint density at radius 2 is 2.04 bits per heavy atom. The van der Waals surface area contributed by atoms with Crippen molar-refractivity contribution in [1.82, 2.24) is 24.1 Å². The van der Waals surface area contributed by atoms with Gasteiger partial charge in [-0.1, -0.05) is 0 Å². The van der Waals surface area contributed by atoms with Gasteiger partial charge in [-0.05, 0) is 28.4 Å². The van der Waals surface area contributed by atoms with Crippen LogP contribution in [-0.2, 0) is 26.2 Å². The Morgan fingerprint density at radius 1 is 1.26 bits per heavy atom. The highest BCUT2D eigenvalue weighted by Crippen LogP contribution is 2.34. The molecule has 0 aromatic carbocycles. The van der Waals surface area contributed by atoms with E-state index in [4.69, 9.17) is 0 Å². The van der Waals surface area contributed by atoms with Gasteiger partial charge in [-0.2, -0.15) is 13.2 Å². The number of nitrogens with zero attached hydrogens (tertiary/aromatic N) is 5. The zero-order valence-corrected chi connectivity index (χ0v) is 13.6. The van der Waals surface area contributed by atoms with Crippen LogP contribution in [0.25, 0.3) is 22.6 Å². The van der Waals surface area contributed by atoms with E-state index < -0.39 is 11.9 Å². The summed E-state index contributed by atoms with van der Waals surface area (Å²) in [5.41, 5.74) is 0.492. The zero-order chi connectivity index (χ0) is 16.4. The number of fused-ring (bicyclic) bond motifs is 2. The Kier molecular flexibility index (Phi) is 3.06. The number of imidazole rings is 2. The van der Waals surface area contributed by atoms with Gasteiger partial charge in [0.15, 0.2) is 5.82 Å². The van der Waals surface area contributed by atoms with Gasteiger partial charge in [-0.25, -0.2) is 15.0 Å². The Hall–Kier alpha value is -1.90. The molecule has 4 heterocycles. The molecule has 1 aliphatic rings. The topological polar surface area (TPSA) is 48.5 Å². The van der Waals surface area contributed by atoms with E-state index in [0.29, 0.717) is 17.0 Å². The smallest absolute Gasteiger partial charge is 0.324 e. The first-order valence-corrected chi connectivity index (χ1v) is 7.80. The lowest BCUT2D eigenvalue weighted by atomic mass is 10.3. The van der Waals surface area contributed by atoms with E-state index in [0.717, 1.165) is 35.9 Å². The molecular weight excluding hydrogens is 375 g/mol. The minimum Gasteiger partial charge on any atom is -0.324 e. The highest BCUT2D eigenvalue weighted by molar-refractivity contribution is 9.10. The van der Waals surface area contributed by atoms with Crippen LogP contribution in [0.1, 0.15) is 17.9 Å². The van der Waals surface area contributed by atoms with E-state index in [-0.39, 0.29) is 5.52 Å². The Balaban J connectivity index is 1.90. The largest absolute Gasteiger partial charge is 0.433 e. The number of aromatic nitrogens is 5. The Bertz CT molecular complexity index is 925. The molecule has 5 nitrogen and oxygen atoms in total. The maximum absolute atomic E-state index is 12.8. The fourth-order valence-corrected chi connectivity index (χ4v) is 3.54. The number of alkyl halides is 3. The van der Waals surface area contributed by atoms with Crippen molar-refractivity contribution in [2.75, 3.05) is 0 Å². The average molecular weight is 386 g/mol. The SMILES string of the molecule is Cn1c(-c2nc3n(c2Br)CCC3)nc2cc(C(F)(F)F)ncc21. The van der Waals surface area contributed by atoms with E-state index in [1.165, 1.54) is 6.20 Å². The molecular formula is C14H11BrF3N5. The van der Waals surface area contributed by atoms with Crippen LogP contribution < -0.4 is 0 Å². The van der Waals surface area contributed by atoms with E-state index >= 15 is 0 Å². The summed E-state index contributed by atoms with van der Waals surface area (Å²) in [5.74, 6) is 1.49. The highest BCUT2D eigenvalue weighted by Gasteiger charge is 2.33. The monoisotopic (exact) mass is 385 g/mol. The summed E-state index contributed by atoms with van der Waals surface area (Å²) in [4.78, 5) is 12.4. The maximum Gasteiger partial charge on any atom is 0.433 e. The van der Waals surface area contributed by atoms with Crippen molar-refractivity contribution in [3.63, 3.8) is 0 Å². The van der Waals surface area contributed by atoms with Crippen molar-refractivity contribution in [2.24, 2.45) is 7.05 Å². The van der Waals surface area contributed by atoms with Crippen LogP contribution in [0.15, 0.2) is 16.9 Å². The molecule has 0 atom stereocenters. The second-order valence-corrected chi connectivity index (χ2v) is 6.22. The third-order valence-electron chi connectivity index (χ3n) is 4.04. The number of aryl methyl sites for hydroxylation is 2. The standard InChI is InChI=1S/C14H11BrF3N5/c1-22-8-6-19-9(14(16,17)18)5-7(8)20-13(22)11-12(15)23-4-2-3-10(23)21-11/h5-6H,2-4H2,1H3. The van der Waals surface area contributed by atoms with Crippen LogP contribution in [-0.4, -0.2) is 24.1 Å². The third-order valence-corrected chi connectivity index (χ3v) is 4.84. The molecule has 0 N–H and O–H groups in total. The maximum atomic E-state index is 12.8. The van der Waals surface area contributed by atoms with Gasteiger partial charge in [0, 0.05) is 20.0 Å². The summed E-state index contributed by atoms with van der Waals surface area (Å²) in [6.07, 6.45) is -1.35. The van der Waals surface area contributed by atoms with Gasteiger partial charge < -0.3 is 9.13 Å². The first-order chi connectivity index (χ1) is 10.9. The molecule has 0 fully saturated rings. The highest BCUT2D eigenvalue weighted by atomic mass is 79.9. The number of pyridine rings is 1. The molecule has 3 aromatic rings. The summed E-state index contributed by atoms with van der Waals surface area (Å²) in [6, 6.07) is 0.969. The number of hydrogen-bond donors (Lipinski definition) is 0. The van der Waals surface area contributed by atoms with Crippen molar-refractivity contribution in [3.8, 4) is 11.5 Å². The lowest BCUT2D eigenvalue weighted by Gasteiger charge is -2.04. The van der Waals surface area contributed by atoms with Crippen molar-refractivity contribution in [3.05, 3.63) is 28.4 Å². The molecule has 0 bridgehead atoms. The van der Waals surface area contributed by atoms with Crippen molar-refractivity contribution >= 4 is 27.0 Å². The second-order valence-electron chi connectivity index (χ2n) is 5.47. The molecule has 4 rings (SSSR count). The molecule has 0 spiro atoms. The van der Waals surface area contributed by atoms with Crippen LogP contribution in [0, 0.1) is 0 Å². The summed E-state index contributed by atoms with van der Waals surface area (Å²) < 4.78 is 43.0. The zero-order valence-electron chi connectivity index (χ0n) is 12.0. The lowest BCUT2D eigenvalue weighted by Crippen LogP contribution is -2.07. The van der Waals surface area contributed by atoms with Crippen LogP contribution in [0.4, 0.5) is 13.2 Å². The molecule has 0 amide bonds. The van der Waals surface area contributed by atoms with Crippen LogP contribution in [0.5, 0.6) is 0 Å². The molecule has 120 valence electrons. The number of halogens is 4. The average Bonchev–Trinajstić information content (AvgIpc) is 3.14. The number of hydrogen-bond acceptors (Lipinski definition) is 3. The first-order valence-electron chi connectivity index (χ1n) is 7.01. The normalized spacial score (nSPS) is 14.7. The van der Waals surface area contributed by atoms with Gasteiger partial charge in [0.05, 0.1) is 17.2 Å².